The van der Waals surface area contributed by atoms with Crippen molar-refractivity contribution in [2.45, 2.75) is 32.2 Å². The quantitative estimate of drug-likeness (QED) is 0.626. The van der Waals surface area contributed by atoms with Gasteiger partial charge in [-0.2, -0.15) is 0 Å². The van der Waals surface area contributed by atoms with Gasteiger partial charge in [-0.3, -0.25) is 19.0 Å². The van der Waals surface area contributed by atoms with E-state index in [1.54, 1.807) is 40.9 Å². The molecule has 0 radical (unpaired) electrons. The maximum atomic E-state index is 13.1. The van der Waals surface area contributed by atoms with Crippen LogP contribution >= 0.6 is 0 Å². The Bertz CT molecular complexity index is 1290. The molecular formula is C25H26N4O3. The average Bonchev–Trinajstić information content (AvgIpc) is 3.14. The Morgan fingerprint density at radius 2 is 1.78 bits per heavy atom. The zero-order valence-electron chi connectivity index (χ0n) is 18.2. The topological polar surface area (TPSA) is 77.2 Å². The smallest absolute Gasteiger partial charge is 0.263 e. The molecule has 4 heterocycles. The summed E-state index contributed by atoms with van der Waals surface area (Å²) in [5.74, 6) is 0.612. The second-order valence-corrected chi connectivity index (χ2v) is 8.98. The number of benzene rings is 1. The van der Waals surface area contributed by atoms with E-state index in [1.807, 2.05) is 30.3 Å². The molecule has 0 saturated carbocycles. The summed E-state index contributed by atoms with van der Waals surface area (Å²) in [4.78, 5) is 44.9. The van der Waals surface area contributed by atoms with E-state index < -0.39 is 0 Å². The average molecular weight is 431 g/mol. The predicted molar refractivity (Wildman–Crippen MR) is 122 cm³/mol. The summed E-state index contributed by atoms with van der Waals surface area (Å²) in [5, 5.41) is 0. The summed E-state index contributed by atoms with van der Waals surface area (Å²) in [5.41, 5.74) is 1.52. The molecule has 0 aliphatic carbocycles. The molecule has 32 heavy (non-hydrogen) atoms. The number of amides is 1. The lowest BCUT2D eigenvalue weighted by Gasteiger charge is -2.27. The van der Waals surface area contributed by atoms with Gasteiger partial charge < -0.3 is 9.47 Å². The number of hydrogen-bond donors (Lipinski definition) is 0. The first-order valence-corrected chi connectivity index (χ1v) is 11.1. The van der Waals surface area contributed by atoms with Gasteiger partial charge in [0.25, 0.3) is 17.0 Å². The van der Waals surface area contributed by atoms with Crippen molar-refractivity contribution in [1.29, 1.82) is 0 Å². The zero-order valence-corrected chi connectivity index (χ0v) is 18.2. The molecule has 7 nitrogen and oxygen atoms in total. The van der Waals surface area contributed by atoms with Crippen LogP contribution in [0.5, 0.6) is 0 Å². The van der Waals surface area contributed by atoms with Crippen molar-refractivity contribution in [2.75, 3.05) is 13.1 Å². The van der Waals surface area contributed by atoms with Gasteiger partial charge in [-0.25, -0.2) is 4.98 Å². The second kappa shape index (κ2) is 7.89. The Kier molecular flexibility index (Phi) is 5.04. The Hall–Kier alpha value is -3.48. The Morgan fingerprint density at radius 1 is 1.00 bits per heavy atom. The molecule has 0 bridgehead atoms. The first-order valence-electron chi connectivity index (χ1n) is 11.1. The van der Waals surface area contributed by atoms with Crippen LogP contribution in [0.15, 0.2) is 64.3 Å². The van der Waals surface area contributed by atoms with Crippen LogP contribution in [0.3, 0.4) is 0 Å². The summed E-state index contributed by atoms with van der Waals surface area (Å²) < 4.78 is 3.22. The fourth-order valence-corrected chi connectivity index (χ4v) is 5.04. The molecule has 164 valence electrons. The van der Waals surface area contributed by atoms with Crippen molar-refractivity contribution >= 4 is 5.91 Å². The van der Waals surface area contributed by atoms with E-state index in [1.165, 1.54) is 4.57 Å². The van der Waals surface area contributed by atoms with E-state index in [0.29, 0.717) is 31.7 Å². The van der Waals surface area contributed by atoms with Gasteiger partial charge >= 0.3 is 0 Å². The number of pyridine rings is 1. The number of rotatable bonds is 2. The van der Waals surface area contributed by atoms with Gasteiger partial charge in [0.05, 0.1) is 5.69 Å². The molecule has 1 spiro atoms. The first kappa shape index (κ1) is 20.4. The highest BCUT2D eigenvalue weighted by atomic mass is 16.2. The van der Waals surface area contributed by atoms with Crippen LogP contribution in [-0.4, -0.2) is 38.0 Å². The lowest BCUT2D eigenvalue weighted by molar-refractivity contribution is 0.0764. The number of aromatic nitrogens is 3. The number of fused-ring (bicyclic) bond motifs is 1. The highest BCUT2D eigenvalue weighted by Gasteiger charge is 2.41. The van der Waals surface area contributed by atoms with E-state index in [9.17, 15) is 14.4 Å². The number of carbonyl (C=O) groups excluding carboxylic acids is 1. The van der Waals surface area contributed by atoms with Gasteiger partial charge in [-0.05, 0) is 36.8 Å². The molecule has 1 unspecified atom stereocenters. The normalized spacial score (nSPS) is 20.2. The van der Waals surface area contributed by atoms with Crippen molar-refractivity contribution < 1.29 is 4.79 Å². The fraction of sp³-hybridized carbons (Fsp3) is 0.360. The molecule has 7 heteroatoms. The van der Waals surface area contributed by atoms with E-state index in [-0.39, 0.29) is 28.0 Å². The molecule has 2 aliphatic heterocycles. The second-order valence-electron chi connectivity index (χ2n) is 8.98. The van der Waals surface area contributed by atoms with Gasteiger partial charge in [0.1, 0.15) is 11.4 Å². The summed E-state index contributed by atoms with van der Waals surface area (Å²) >= 11 is 0. The maximum Gasteiger partial charge on any atom is 0.263 e. The van der Waals surface area contributed by atoms with E-state index in [4.69, 9.17) is 4.98 Å². The van der Waals surface area contributed by atoms with E-state index >= 15 is 0 Å². The molecule has 1 fully saturated rings. The van der Waals surface area contributed by atoms with Gasteiger partial charge in [0.15, 0.2) is 0 Å². The van der Waals surface area contributed by atoms with Crippen LogP contribution in [0.2, 0.25) is 0 Å². The molecule has 1 atom stereocenters. The third-order valence-electron chi connectivity index (χ3n) is 6.98. The highest BCUT2D eigenvalue weighted by molar-refractivity contribution is 5.94. The van der Waals surface area contributed by atoms with Crippen LogP contribution in [0, 0.1) is 5.41 Å². The van der Waals surface area contributed by atoms with Crippen molar-refractivity contribution in [3.05, 3.63) is 86.8 Å². The molecule has 2 aromatic heterocycles. The van der Waals surface area contributed by atoms with E-state index in [0.717, 1.165) is 30.7 Å². The lowest BCUT2D eigenvalue weighted by Crippen LogP contribution is -2.36. The van der Waals surface area contributed by atoms with Crippen molar-refractivity contribution in [3.63, 3.8) is 0 Å². The summed E-state index contributed by atoms with van der Waals surface area (Å²) in [6.45, 7) is 1.84. The minimum atomic E-state index is -0.268. The number of carbonyl (C=O) groups is 1. The third-order valence-corrected chi connectivity index (χ3v) is 6.98. The molecule has 0 N–H and O–H groups in total. The van der Waals surface area contributed by atoms with Gasteiger partial charge in [-0.1, -0.05) is 30.3 Å². The van der Waals surface area contributed by atoms with Crippen LogP contribution < -0.4 is 11.1 Å². The zero-order chi connectivity index (χ0) is 22.3. The minimum absolute atomic E-state index is 0.0235. The molecule has 1 amide bonds. The number of aryl methyl sites for hydroxylation is 2. The number of likely N-dealkylation sites (tertiary alicyclic amines) is 1. The summed E-state index contributed by atoms with van der Waals surface area (Å²) in [6.07, 6.45) is 4.92. The molecule has 1 saturated heterocycles. The van der Waals surface area contributed by atoms with Crippen LogP contribution in [0.25, 0.3) is 11.3 Å². The van der Waals surface area contributed by atoms with Crippen molar-refractivity contribution in [2.24, 2.45) is 12.5 Å². The molecule has 3 aromatic rings. The van der Waals surface area contributed by atoms with E-state index in [2.05, 4.69) is 0 Å². The molecule has 2 aliphatic rings. The van der Waals surface area contributed by atoms with Crippen molar-refractivity contribution in [3.8, 4) is 11.3 Å². The Balaban J connectivity index is 1.37. The lowest BCUT2D eigenvalue weighted by atomic mass is 9.80. The standard InChI is InChI=1S/C25H26N4O3/c1-27-13-5-8-19(23(27)31)24(32)28-14-11-25(17-28)10-9-21-26-20(18-6-3-2-4-7-18)16-22(30)29(21)15-12-25/h2-8,13,16H,9-12,14-15,17H2,1H3. The number of hydrogen-bond acceptors (Lipinski definition) is 4. The summed E-state index contributed by atoms with van der Waals surface area (Å²) in [6, 6.07) is 14.7. The van der Waals surface area contributed by atoms with Gasteiger partial charge in [0, 0.05) is 50.9 Å². The number of nitrogens with zero attached hydrogens (tertiary/aromatic N) is 4. The molecular weight excluding hydrogens is 404 g/mol. The van der Waals surface area contributed by atoms with Crippen LogP contribution in [0.1, 0.15) is 35.4 Å². The monoisotopic (exact) mass is 430 g/mol. The largest absolute Gasteiger partial charge is 0.338 e. The fourth-order valence-electron chi connectivity index (χ4n) is 5.04. The summed E-state index contributed by atoms with van der Waals surface area (Å²) in [7, 11) is 1.65. The third kappa shape index (κ3) is 3.57. The minimum Gasteiger partial charge on any atom is -0.338 e. The predicted octanol–water partition coefficient (Wildman–Crippen LogP) is 2.48. The Morgan fingerprint density at radius 3 is 2.59 bits per heavy atom. The van der Waals surface area contributed by atoms with Gasteiger partial charge in [-0.15, -0.1) is 0 Å². The van der Waals surface area contributed by atoms with Crippen molar-refractivity contribution in [1.82, 2.24) is 19.0 Å². The van der Waals surface area contributed by atoms with Gasteiger partial charge in [0.2, 0.25) is 0 Å². The van der Waals surface area contributed by atoms with Crippen LogP contribution in [-0.2, 0) is 20.0 Å². The maximum absolute atomic E-state index is 13.1. The van der Waals surface area contributed by atoms with Crippen LogP contribution in [0.4, 0.5) is 0 Å². The Labute approximate surface area is 186 Å². The first-order chi connectivity index (χ1) is 15.5. The molecule has 5 rings (SSSR count). The SMILES string of the molecule is Cn1cccc(C(=O)N2CCC3(CCc4nc(-c5ccccc5)cc(=O)n4CC3)C2)c1=O. The highest BCUT2D eigenvalue weighted by Crippen LogP contribution is 2.40. The molecule has 1 aromatic carbocycles.